The molecule has 1 aliphatic heterocycles. The maximum atomic E-state index is 13.6. The van der Waals surface area contributed by atoms with Crippen molar-refractivity contribution in [1.82, 2.24) is 5.32 Å². The molecule has 4 heteroatoms. The first-order valence-corrected chi connectivity index (χ1v) is 7.62. The minimum atomic E-state index is -0.201. The highest BCUT2D eigenvalue weighted by molar-refractivity contribution is 5.59. The number of halogens is 1. The van der Waals surface area contributed by atoms with Crippen molar-refractivity contribution in [3.05, 3.63) is 24.0 Å². The van der Waals surface area contributed by atoms with Crippen LogP contribution in [-0.2, 0) is 0 Å². The second-order valence-electron chi connectivity index (χ2n) is 5.42. The molecule has 1 unspecified atom stereocenters. The maximum absolute atomic E-state index is 13.6. The van der Waals surface area contributed by atoms with Crippen LogP contribution >= 0.6 is 0 Å². The van der Waals surface area contributed by atoms with Crippen LogP contribution in [0, 0.1) is 5.82 Å². The number of nitrogens with zero attached hydrogens (tertiary/aromatic N) is 1. The Labute approximate surface area is 121 Å². The third-order valence-electron chi connectivity index (χ3n) is 3.63. The highest BCUT2D eigenvalue weighted by Crippen LogP contribution is 2.31. The molecule has 0 saturated carbocycles. The molecule has 2 rings (SSSR count). The van der Waals surface area contributed by atoms with Crippen molar-refractivity contribution < 1.29 is 9.13 Å². The summed E-state index contributed by atoms with van der Waals surface area (Å²) in [6.07, 6.45) is 3.33. The fraction of sp³-hybridized carbons (Fsp3) is 0.625. The molecule has 0 radical (unpaired) electrons. The minimum absolute atomic E-state index is 0.161. The molecule has 1 heterocycles. The Kier molecular flexibility index (Phi) is 5.65. The molecule has 20 heavy (non-hydrogen) atoms. The smallest absolute Gasteiger partial charge is 0.143 e. The van der Waals surface area contributed by atoms with Crippen LogP contribution in [0.3, 0.4) is 0 Å². The third-order valence-corrected chi connectivity index (χ3v) is 3.63. The van der Waals surface area contributed by atoms with E-state index in [2.05, 4.69) is 24.1 Å². The fourth-order valence-corrected chi connectivity index (χ4v) is 2.61. The average molecular weight is 280 g/mol. The lowest BCUT2D eigenvalue weighted by Crippen LogP contribution is -2.28. The Hall–Kier alpha value is -1.29. The maximum Gasteiger partial charge on any atom is 0.143 e. The molecule has 1 aromatic carbocycles. The van der Waals surface area contributed by atoms with Gasteiger partial charge in [-0.15, -0.1) is 0 Å². The fourth-order valence-electron chi connectivity index (χ4n) is 2.61. The van der Waals surface area contributed by atoms with Gasteiger partial charge in [0, 0.05) is 25.7 Å². The Balaban J connectivity index is 2.18. The van der Waals surface area contributed by atoms with E-state index in [1.165, 1.54) is 6.07 Å². The van der Waals surface area contributed by atoms with Crippen LogP contribution in [0.15, 0.2) is 18.2 Å². The highest BCUT2D eigenvalue weighted by Gasteiger charge is 2.16. The second-order valence-corrected chi connectivity index (χ2v) is 5.42. The summed E-state index contributed by atoms with van der Waals surface area (Å²) in [4.78, 5) is 2.22. The van der Waals surface area contributed by atoms with Crippen molar-refractivity contribution in [2.45, 2.75) is 39.2 Å². The van der Waals surface area contributed by atoms with Crippen molar-refractivity contribution in [2.24, 2.45) is 0 Å². The molecule has 0 aromatic heterocycles. The molecule has 1 atom stereocenters. The second kappa shape index (κ2) is 7.48. The molecule has 0 amide bonds. The molecular formula is C16H25FN2O. The molecule has 1 fully saturated rings. The van der Waals surface area contributed by atoms with Crippen LogP contribution in [0.4, 0.5) is 10.1 Å². The molecule has 0 bridgehead atoms. The third kappa shape index (κ3) is 4.10. The molecule has 0 spiro atoms. The van der Waals surface area contributed by atoms with E-state index in [-0.39, 0.29) is 11.9 Å². The van der Waals surface area contributed by atoms with Gasteiger partial charge in [-0.3, -0.25) is 0 Å². The van der Waals surface area contributed by atoms with E-state index in [9.17, 15) is 4.39 Å². The zero-order chi connectivity index (χ0) is 14.4. The van der Waals surface area contributed by atoms with Gasteiger partial charge < -0.3 is 15.0 Å². The number of nitrogens with one attached hydrogen (secondary N) is 1. The van der Waals surface area contributed by atoms with Gasteiger partial charge in [0.1, 0.15) is 11.6 Å². The number of anilines is 1. The van der Waals surface area contributed by atoms with Gasteiger partial charge in [-0.05, 0) is 38.4 Å². The standard InChI is InChI=1S/C16H25FN2O/c1-3-5-13(2)20-16-7-6-14(17)12-15(16)19-10-4-8-18-9-11-19/h6-7,12-13,18H,3-5,8-11H2,1-2H3. The Morgan fingerprint density at radius 3 is 3.00 bits per heavy atom. The number of benzene rings is 1. The Bertz CT molecular complexity index is 417. The first-order chi connectivity index (χ1) is 9.70. The number of hydrogen-bond donors (Lipinski definition) is 1. The number of hydrogen-bond acceptors (Lipinski definition) is 3. The van der Waals surface area contributed by atoms with Crippen molar-refractivity contribution in [2.75, 3.05) is 31.1 Å². The molecule has 3 nitrogen and oxygen atoms in total. The van der Waals surface area contributed by atoms with Crippen molar-refractivity contribution in [3.63, 3.8) is 0 Å². The van der Waals surface area contributed by atoms with E-state index in [0.717, 1.165) is 56.9 Å². The Morgan fingerprint density at radius 1 is 1.35 bits per heavy atom. The van der Waals surface area contributed by atoms with Crippen LogP contribution in [0.5, 0.6) is 5.75 Å². The molecule has 1 aromatic rings. The zero-order valence-corrected chi connectivity index (χ0v) is 12.5. The lowest BCUT2D eigenvalue weighted by molar-refractivity contribution is 0.210. The minimum Gasteiger partial charge on any atom is -0.489 e. The zero-order valence-electron chi connectivity index (χ0n) is 12.5. The normalized spacial score (nSPS) is 17.6. The Morgan fingerprint density at radius 2 is 2.20 bits per heavy atom. The molecule has 1 aliphatic rings. The van der Waals surface area contributed by atoms with Crippen LogP contribution in [0.2, 0.25) is 0 Å². The van der Waals surface area contributed by atoms with Crippen molar-refractivity contribution in [3.8, 4) is 5.75 Å². The predicted molar refractivity (Wildman–Crippen MR) is 81.1 cm³/mol. The van der Waals surface area contributed by atoms with Gasteiger partial charge in [0.05, 0.1) is 11.8 Å². The first-order valence-electron chi connectivity index (χ1n) is 7.62. The van der Waals surface area contributed by atoms with Gasteiger partial charge in [0.2, 0.25) is 0 Å². The summed E-state index contributed by atoms with van der Waals surface area (Å²) >= 11 is 0. The van der Waals surface area contributed by atoms with E-state index in [0.29, 0.717) is 0 Å². The van der Waals surface area contributed by atoms with Gasteiger partial charge in [-0.2, -0.15) is 0 Å². The number of rotatable bonds is 5. The molecule has 1 N–H and O–H groups in total. The molecule has 0 aliphatic carbocycles. The molecule has 112 valence electrons. The first kappa shape index (κ1) is 15.1. The lowest BCUT2D eigenvalue weighted by atomic mass is 10.2. The predicted octanol–water partition coefficient (Wildman–Crippen LogP) is 3.19. The van der Waals surface area contributed by atoms with E-state index < -0.39 is 0 Å². The SMILES string of the molecule is CCCC(C)Oc1ccc(F)cc1N1CCCNCC1. The van der Waals surface area contributed by atoms with Gasteiger partial charge in [0.25, 0.3) is 0 Å². The molecular weight excluding hydrogens is 255 g/mol. The summed E-state index contributed by atoms with van der Waals surface area (Å²) in [7, 11) is 0. The van der Waals surface area contributed by atoms with Crippen molar-refractivity contribution in [1.29, 1.82) is 0 Å². The summed E-state index contributed by atoms with van der Waals surface area (Å²) in [5, 5.41) is 3.37. The van der Waals surface area contributed by atoms with Gasteiger partial charge in [-0.25, -0.2) is 4.39 Å². The summed E-state index contributed by atoms with van der Waals surface area (Å²) in [6, 6.07) is 4.84. The van der Waals surface area contributed by atoms with Gasteiger partial charge in [-0.1, -0.05) is 13.3 Å². The quantitative estimate of drug-likeness (QED) is 0.896. The summed E-state index contributed by atoms with van der Waals surface area (Å²) in [5.74, 6) is 0.599. The van der Waals surface area contributed by atoms with Crippen molar-refractivity contribution >= 4 is 5.69 Å². The van der Waals surface area contributed by atoms with Crippen LogP contribution in [0.1, 0.15) is 33.1 Å². The van der Waals surface area contributed by atoms with E-state index in [4.69, 9.17) is 4.74 Å². The van der Waals surface area contributed by atoms with Crippen LogP contribution in [-0.4, -0.2) is 32.3 Å². The highest BCUT2D eigenvalue weighted by atomic mass is 19.1. The average Bonchev–Trinajstić information content (AvgIpc) is 2.70. The topological polar surface area (TPSA) is 24.5 Å². The number of ether oxygens (including phenoxy) is 1. The van der Waals surface area contributed by atoms with E-state index >= 15 is 0 Å². The lowest BCUT2D eigenvalue weighted by Gasteiger charge is -2.26. The van der Waals surface area contributed by atoms with Crippen LogP contribution < -0.4 is 15.0 Å². The summed E-state index contributed by atoms with van der Waals surface area (Å²) in [5.41, 5.74) is 0.886. The van der Waals surface area contributed by atoms with Crippen LogP contribution in [0.25, 0.3) is 0 Å². The molecule has 1 saturated heterocycles. The van der Waals surface area contributed by atoms with E-state index in [1.54, 1.807) is 12.1 Å². The largest absolute Gasteiger partial charge is 0.489 e. The van der Waals surface area contributed by atoms with Gasteiger partial charge in [0.15, 0.2) is 0 Å². The van der Waals surface area contributed by atoms with Gasteiger partial charge >= 0.3 is 0 Å². The summed E-state index contributed by atoms with van der Waals surface area (Å²) < 4.78 is 19.6. The monoisotopic (exact) mass is 280 g/mol. The van der Waals surface area contributed by atoms with E-state index in [1.807, 2.05) is 0 Å². The summed E-state index contributed by atoms with van der Waals surface area (Å²) in [6.45, 7) is 8.00.